The van der Waals surface area contributed by atoms with E-state index in [0.29, 0.717) is 6.04 Å². The van der Waals surface area contributed by atoms with Gasteiger partial charge < -0.3 is 5.32 Å². The average Bonchev–Trinajstić information content (AvgIpc) is 1.88. The van der Waals surface area contributed by atoms with Crippen molar-refractivity contribution in [3.8, 4) is 0 Å². The molecule has 0 aliphatic heterocycles. The zero-order valence-electron chi connectivity index (χ0n) is 7.49. The third kappa shape index (κ3) is 18.0. The molecule has 0 heterocycles. The van der Waals surface area contributed by atoms with Crippen molar-refractivity contribution in [3.05, 3.63) is 0 Å². The number of hydrogen-bond acceptors (Lipinski definition) is 1. The molecule has 1 atom stereocenters. The lowest BCUT2D eigenvalue weighted by atomic mass is 10.3. The Morgan fingerprint density at radius 1 is 1.22 bits per heavy atom. The molecule has 0 rings (SSSR count). The van der Waals surface area contributed by atoms with E-state index < -0.39 is 0 Å². The van der Waals surface area contributed by atoms with Gasteiger partial charge in [-0.3, -0.25) is 0 Å². The van der Waals surface area contributed by atoms with E-state index in [4.69, 9.17) is 0 Å². The molecule has 0 fully saturated rings. The van der Waals surface area contributed by atoms with Crippen molar-refractivity contribution in [1.29, 1.82) is 0 Å². The van der Waals surface area contributed by atoms with Gasteiger partial charge in [-0.2, -0.15) is 0 Å². The summed E-state index contributed by atoms with van der Waals surface area (Å²) >= 11 is 0. The molecule has 0 bridgehead atoms. The fourth-order valence-electron chi connectivity index (χ4n) is 0.204. The summed E-state index contributed by atoms with van der Waals surface area (Å²) in [7, 11) is 1.98. The summed E-state index contributed by atoms with van der Waals surface area (Å²) in [6.45, 7) is 8.58. The summed E-state index contributed by atoms with van der Waals surface area (Å²) in [5.74, 6) is 0. The second kappa shape index (κ2) is 10.9. The Kier molecular flexibility index (Phi) is 14.1. The van der Waals surface area contributed by atoms with E-state index in [2.05, 4.69) is 33.0 Å². The minimum absolute atomic E-state index is 0.685. The summed E-state index contributed by atoms with van der Waals surface area (Å²) < 4.78 is 0. The summed E-state index contributed by atoms with van der Waals surface area (Å²) in [6, 6.07) is 0.685. The van der Waals surface area contributed by atoms with Crippen molar-refractivity contribution in [3.63, 3.8) is 0 Å². The molecule has 1 nitrogen and oxygen atoms in total. The largest absolute Gasteiger partial charge is 0.317 e. The highest BCUT2D eigenvalue weighted by atomic mass is 14.8. The lowest BCUT2D eigenvalue weighted by Gasteiger charge is -2.02. The monoisotopic (exact) mass is 131 g/mol. The van der Waals surface area contributed by atoms with E-state index in [0.717, 1.165) is 0 Å². The van der Waals surface area contributed by atoms with E-state index in [9.17, 15) is 0 Å². The standard InChI is InChI=1S/C5H13N.C3H8/c1-4-5(2)6-3;1-3-2/h5-6H,4H2,1-3H3;3H2,1-2H3. The molecule has 0 aromatic heterocycles. The fraction of sp³-hybridized carbons (Fsp3) is 1.00. The van der Waals surface area contributed by atoms with Crippen LogP contribution in [0, 0.1) is 0 Å². The second-order valence-electron chi connectivity index (χ2n) is 2.31. The number of rotatable bonds is 2. The van der Waals surface area contributed by atoms with Crippen LogP contribution >= 0.6 is 0 Å². The lowest BCUT2D eigenvalue weighted by molar-refractivity contribution is 0.593. The molecule has 0 spiro atoms. The maximum atomic E-state index is 3.11. The third-order valence-electron chi connectivity index (χ3n) is 1.11. The minimum Gasteiger partial charge on any atom is -0.317 e. The number of nitrogens with one attached hydrogen (secondary N) is 1. The van der Waals surface area contributed by atoms with Gasteiger partial charge in [-0.15, -0.1) is 0 Å². The highest BCUT2D eigenvalue weighted by Gasteiger charge is 1.86. The topological polar surface area (TPSA) is 12.0 Å². The minimum atomic E-state index is 0.685. The summed E-state index contributed by atoms with van der Waals surface area (Å²) in [6.07, 6.45) is 2.47. The van der Waals surface area contributed by atoms with Crippen molar-refractivity contribution in [2.24, 2.45) is 0 Å². The molecule has 58 valence electrons. The quantitative estimate of drug-likeness (QED) is 0.607. The van der Waals surface area contributed by atoms with Crippen LogP contribution in [-0.4, -0.2) is 13.1 Å². The Morgan fingerprint density at radius 3 is 1.56 bits per heavy atom. The smallest absolute Gasteiger partial charge is 0.00331 e. The maximum absolute atomic E-state index is 3.11. The third-order valence-corrected chi connectivity index (χ3v) is 1.11. The van der Waals surface area contributed by atoms with Gasteiger partial charge in [0.25, 0.3) is 0 Å². The summed E-state index contributed by atoms with van der Waals surface area (Å²) in [5.41, 5.74) is 0. The zero-order valence-corrected chi connectivity index (χ0v) is 7.49. The van der Waals surface area contributed by atoms with E-state index in [1.807, 2.05) is 7.05 Å². The van der Waals surface area contributed by atoms with Crippen molar-refractivity contribution in [2.45, 2.75) is 46.6 Å². The van der Waals surface area contributed by atoms with E-state index >= 15 is 0 Å². The second-order valence-corrected chi connectivity index (χ2v) is 2.31. The van der Waals surface area contributed by atoms with Gasteiger partial charge in [0.2, 0.25) is 0 Å². The predicted molar refractivity (Wildman–Crippen MR) is 44.8 cm³/mol. The Hall–Kier alpha value is -0.0400. The molecule has 1 heteroatoms. The highest BCUT2D eigenvalue weighted by Crippen LogP contribution is 1.82. The predicted octanol–water partition coefficient (Wildman–Crippen LogP) is 2.42. The van der Waals surface area contributed by atoms with E-state index in [1.54, 1.807) is 0 Å². The maximum Gasteiger partial charge on any atom is 0.00331 e. The normalized spacial score (nSPS) is 11.7. The molecular formula is C8H21N. The Labute approximate surface area is 59.8 Å². The van der Waals surface area contributed by atoms with Crippen LogP contribution in [0.3, 0.4) is 0 Å². The van der Waals surface area contributed by atoms with Gasteiger partial charge >= 0.3 is 0 Å². The van der Waals surface area contributed by atoms with Gasteiger partial charge in [0.15, 0.2) is 0 Å². The van der Waals surface area contributed by atoms with Crippen LogP contribution in [0.15, 0.2) is 0 Å². The summed E-state index contributed by atoms with van der Waals surface area (Å²) in [5, 5.41) is 3.11. The van der Waals surface area contributed by atoms with Gasteiger partial charge in [0.05, 0.1) is 0 Å². The lowest BCUT2D eigenvalue weighted by Crippen LogP contribution is -2.19. The molecule has 0 saturated heterocycles. The van der Waals surface area contributed by atoms with Crippen molar-refractivity contribution in [2.75, 3.05) is 7.05 Å². The Balaban J connectivity index is 0. The van der Waals surface area contributed by atoms with Gasteiger partial charge in [-0.1, -0.05) is 27.2 Å². The first-order valence-corrected chi connectivity index (χ1v) is 3.90. The molecule has 0 aliphatic carbocycles. The first kappa shape index (κ1) is 11.7. The van der Waals surface area contributed by atoms with Crippen LogP contribution < -0.4 is 5.32 Å². The van der Waals surface area contributed by atoms with Crippen LogP contribution in [-0.2, 0) is 0 Å². The molecule has 0 amide bonds. The van der Waals surface area contributed by atoms with E-state index in [-0.39, 0.29) is 0 Å². The molecule has 0 radical (unpaired) electrons. The molecule has 1 N–H and O–H groups in total. The zero-order chi connectivity index (χ0) is 7.70. The van der Waals surface area contributed by atoms with Crippen LogP contribution in [0.25, 0.3) is 0 Å². The first-order valence-electron chi connectivity index (χ1n) is 3.90. The first-order chi connectivity index (χ1) is 4.22. The van der Waals surface area contributed by atoms with Gasteiger partial charge in [0.1, 0.15) is 0 Å². The SMILES string of the molecule is CCC.CCC(C)NC. The molecule has 0 aliphatic rings. The fourth-order valence-corrected chi connectivity index (χ4v) is 0.204. The Bertz CT molecular complexity index is 31.5. The molecule has 0 aromatic rings. The van der Waals surface area contributed by atoms with Crippen LogP contribution in [0.4, 0.5) is 0 Å². The van der Waals surface area contributed by atoms with Crippen LogP contribution in [0.5, 0.6) is 0 Å². The van der Waals surface area contributed by atoms with Crippen LogP contribution in [0.1, 0.15) is 40.5 Å². The van der Waals surface area contributed by atoms with Gasteiger partial charge in [-0.05, 0) is 20.4 Å². The highest BCUT2D eigenvalue weighted by molar-refractivity contribution is 4.49. The van der Waals surface area contributed by atoms with Crippen molar-refractivity contribution < 1.29 is 0 Å². The van der Waals surface area contributed by atoms with Crippen molar-refractivity contribution >= 4 is 0 Å². The molecular weight excluding hydrogens is 110 g/mol. The van der Waals surface area contributed by atoms with Gasteiger partial charge in [-0.25, -0.2) is 0 Å². The van der Waals surface area contributed by atoms with Crippen molar-refractivity contribution in [1.82, 2.24) is 5.32 Å². The van der Waals surface area contributed by atoms with Gasteiger partial charge in [0, 0.05) is 6.04 Å². The number of hydrogen-bond donors (Lipinski definition) is 1. The Morgan fingerprint density at radius 2 is 1.56 bits per heavy atom. The molecule has 1 unspecified atom stereocenters. The van der Waals surface area contributed by atoms with E-state index in [1.165, 1.54) is 12.8 Å². The molecule has 0 aromatic carbocycles. The molecule has 0 saturated carbocycles. The molecule has 9 heavy (non-hydrogen) atoms. The van der Waals surface area contributed by atoms with Crippen LogP contribution in [0.2, 0.25) is 0 Å². The average molecular weight is 131 g/mol. The summed E-state index contributed by atoms with van der Waals surface area (Å²) in [4.78, 5) is 0.